The summed E-state index contributed by atoms with van der Waals surface area (Å²) >= 11 is 12.2. The quantitative estimate of drug-likeness (QED) is 0.241. The van der Waals surface area contributed by atoms with Gasteiger partial charge in [-0.25, -0.2) is 9.37 Å². The number of carbonyl (C=O) groups excluding carboxylic acids is 1. The Morgan fingerprint density at radius 2 is 1.91 bits per heavy atom. The maximum absolute atomic E-state index is 13.5. The van der Waals surface area contributed by atoms with E-state index in [1.165, 1.54) is 18.2 Å². The van der Waals surface area contributed by atoms with E-state index in [1.807, 2.05) is 30.3 Å². The fraction of sp³-hybridized carbons (Fsp3) is 0.0800. The lowest BCUT2D eigenvalue weighted by Gasteiger charge is -2.16. The van der Waals surface area contributed by atoms with Gasteiger partial charge in [0, 0.05) is 39.5 Å². The Kier molecular flexibility index (Phi) is 6.25. The van der Waals surface area contributed by atoms with Crippen LogP contribution >= 0.6 is 23.2 Å². The number of aliphatic hydroxyl groups is 1. The molecule has 0 fully saturated rings. The molecule has 35 heavy (non-hydrogen) atoms. The number of halogens is 3. The zero-order valence-corrected chi connectivity index (χ0v) is 19.5. The number of nitrogens with zero attached hydrogens (tertiary/aromatic N) is 2. The van der Waals surface area contributed by atoms with Crippen LogP contribution in [-0.4, -0.2) is 37.8 Å². The smallest absolute Gasteiger partial charge is 0.268 e. The first kappa shape index (κ1) is 23.0. The predicted octanol–water partition coefficient (Wildman–Crippen LogP) is 5.53. The number of aliphatic hydroxyl groups excluding tert-OH is 1. The van der Waals surface area contributed by atoms with Crippen LogP contribution in [0.4, 0.5) is 4.39 Å². The SMILES string of the molecule is O=C(N[C@H](CO)c1ccc(F)c(Cl)c1)c1cc(-c2n[nH]c3ncc(-c4ccccc4Cl)cc23)c[nH]1. The summed E-state index contributed by atoms with van der Waals surface area (Å²) < 4.78 is 13.5. The fourth-order valence-electron chi connectivity index (χ4n) is 3.83. The van der Waals surface area contributed by atoms with Crippen LogP contribution in [0.5, 0.6) is 0 Å². The van der Waals surface area contributed by atoms with Gasteiger partial charge in [-0.3, -0.25) is 9.89 Å². The van der Waals surface area contributed by atoms with Gasteiger partial charge in [0.1, 0.15) is 17.2 Å². The first-order chi connectivity index (χ1) is 16.9. The molecular formula is C25H18Cl2FN5O2. The van der Waals surface area contributed by atoms with Gasteiger partial charge < -0.3 is 15.4 Å². The van der Waals surface area contributed by atoms with Gasteiger partial charge in [-0.1, -0.05) is 47.5 Å². The lowest BCUT2D eigenvalue weighted by molar-refractivity contribution is 0.0911. The largest absolute Gasteiger partial charge is 0.394 e. The predicted molar refractivity (Wildman–Crippen MR) is 133 cm³/mol. The van der Waals surface area contributed by atoms with E-state index in [1.54, 1.807) is 18.5 Å². The van der Waals surface area contributed by atoms with Crippen molar-refractivity contribution in [2.45, 2.75) is 6.04 Å². The number of hydrogen-bond acceptors (Lipinski definition) is 4. The van der Waals surface area contributed by atoms with Gasteiger partial charge in [0.15, 0.2) is 5.65 Å². The summed E-state index contributed by atoms with van der Waals surface area (Å²) in [6.45, 7) is -0.387. The molecule has 7 nitrogen and oxygen atoms in total. The van der Waals surface area contributed by atoms with Crippen molar-refractivity contribution in [3.05, 3.63) is 94.1 Å². The van der Waals surface area contributed by atoms with Crippen LogP contribution in [0.25, 0.3) is 33.4 Å². The number of nitrogens with one attached hydrogen (secondary N) is 3. The highest BCUT2D eigenvalue weighted by Crippen LogP contribution is 2.32. The lowest BCUT2D eigenvalue weighted by atomic mass is 10.0. The maximum atomic E-state index is 13.5. The van der Waals surface area contributed by atoms with E-state index in [0.717, 1.165) is 16.5 Å². The number of benzene rings is 2. The van der Waals surface area contributed by atoms with E-state index >= 15 is 0 Å². The summed E-state index contributed by atoms with van der Waals surface area (Å²) in [5, 5.41) is 21.0. The van der Waals surface area contributed by atoms with Crippen molar-refractivity contribution in [3.8, 4) is 22.4 Å². The van der Waals surface area contributed by atoms with Crippen LogP contribution < -0.4 is 5.32 Å². The summed E-state index contributed by atoms with van der Waals surface area (Å²) in [4.78, 5) is 20.2. The first-order valence-corrected chi connectivity index (χ1v) is 11.3. The highest BCUT2D eigenvalue weighted by Gasteiger charge is 2.19. The molecule has 0 bridgehead atoms. The van der Waals surface area contributed by atoms with Crippen LogP contribution in [0.15, 0.2) is 67.0 Å². The van der Waals surface area contributed by atoms with Gasteiger partial charge in [0.25, 0.3) is 5.91 Å². The first-order valence-electron chi connectivity index (χ1n) is 10.6. The molecule has 5 rings (SSSR count). The van der Waals surface area contributed by atoms with Crippen LogP contribution in [0, 0.1) is 5.82 Å². The number of fused-ring (bicyclic) bond motifs is 1. The molecular weight excluding hydrogens is 492 g/mol. The summed E-state index contributed by atoms with van der Waals surface area (Å²) in [5.74, 6) is -1.03. The molecule has 0 spiro atoms. The van der Waals surface area contributed by atoms with E-state index in [0.29, 0.717) is 27.5 Å². The number of aromatic nitrogens is 4. The third kappa shape index (κ3) is 4.51. The van der Waals surface area contributed by atoms with Crippen LogP contribution in [-0.2, 0) is 0 Å². The molecule has 0 aliphatic rings. The minimum absolute atomic E-state index is 0.0902. The third-order valence-corrected chi connectivity index (χ3v) is 6.26. The average molecular weight is 510 g/mol. The minimum Gasteiger partial charge on any atom is -0.394 e. The topological polar surface area (TPSA) is 107 Å². The fourth-order valence-corrected chi connectivity index (χ4v) is 4.26. The van der Waals surface area contributed by atoms with E-state index in [2.05, 4.69) is 25.5 Å². The molecule has 0 saturated heterocycles. The standard InChI is InChI=1S/C25H18Cl2FN5O2/c26-18-4-2-1-3-16(18)14-7-17-23(32-33-24(17)30-10-14)15-9-21(29-11-15)25(35)31-22(12-34)13-5-6-20(28)19(27)8-13/h1-11,22,29,34H,12H2,(H,31,35)(H,30,32,33)/t22-/m1/s1. The van der Waals surface area contributed by atoms with Crippen molar-refractivity contribution in [3.63, 3.8) is 0 Å². The molecule has 0 saturated carbocycles. The maximum Gasteiger partial charge on any atom is 0.268 e. The second-order valence-corrected chi connectivity index (χ2v) is 8.67. The number of hydrogen-bond donors (Lipinski definition) is 4. The monoisotopic (exact) mass is 509 g/mol. The van der Waals surface area contributed by atoms with Gasteiger partial charge in [0.2, 0.25) is 0 Å². The minimum atomic E-state index is -0.763. The Labute approximate surface area is 208 Å². The van der Waals surface area contributed by atoms with Crippen LogP contribution in [0.1, 0.15) is 22.1 Å². The zero-order chi connectivity index (χ0) is 24.5. The van der Waals surface area contributed by atoms with Gasteiger partial charge >= 0.3 is 0 Å². The second-order valence-electron chi connectivity index (χ2n) is 7.86. The molecule has 0 unspecified atom stereocenters. The second kappa shape index (κ2) is 9.50. The zero-order valence-electron chi connectivity index (χ0n) is 18.0. The number of H-pyrrole nitrogens is 2. The van der Waals surface area contributed by atoms with Crippen molar-refractivity contribution in [1.82, 2.24) is 25.5 Å². The van der Waals surface area contributed by atoms with E-state index in [4.69, 9.17) is 23.2 Å². The van der Waals surface area contributed by atoms with Gasteiger partial charge in [-0.05, 0) is 35.9 Å². The normalized spacial score (nSPS) is 12.1. The molecule has 1 amide bonds. The van der Waals surface area contributed by atoms with Gasteiger partial charge in [0.05, 0.1) is 17.7 Å². The Morgan fingerprint density at radius 1 is 1.09 bits per heavy atom. The average Bonchev–Trinajstić information content (AvgIpc) is 3.51. The summed E-state index contributed by atoms with van der Waals surface area (Å²) in [7, 11) is 0. The Morgan fingerprint density at radius 3 is 2.69 bits per heavy atom. The van der Waals surface area contributed by atoms with Crippen LogP contribution in [0.3, 0.4) is 0 Å². The number of amides is 1. The Hall–Kier alpha value is -3.72. The van der Waals surface area contributed by atoms with Gasteiger partial charge in [-0.2, -0.15) is 5.10 Å². The molecule has 176 valence electrons. The van der Waals surface area contributed by atoms with Crippen molar-refractivity contribution in [2.75, 3.05) is 6.61 Å². The molecule has 2 aromatic carbocycles. The summed E-state index contributed by atoms with van der Waals surface area (Å²) in [6.07, 6.45) is 3.38. The van der Waals surface area contributed by atoms with Gasteiger partial charge in [-0.15, -0.1) is 0 Å². The van der Waals surface area contributed by atoms with E-state index in [9.17, 15) is 14.3 Å². The molecule has 3 aromatic heterocycles. The van der Waals surface area contributed by atoms with Crippen LogP contribution in [0.2, 0.25) is 10.0 Å². The van der Waals surface area contributed by atoms with Crippen molar-refractivity contribution in [2.24, 2.45) is 0 Å². The Balaban J connectivity index is 1.42. The molecule has 0 radical (unpaired) electrons. The highest BCUT2D eigenvalue weighted by atomic mass is 35.5. The van der Waals surface area contributed by atoms with Crippen molar-refractivity contribution in [1.29, 1.82) is 0 Å². The van der Waals surface area contributed by atoms with Crippen molar-refractivity contribution >= 4 is 40.1 Å². The number of carbonyl (C=O) groups is 1. The van der Waals surface area contributed by atoms with Crippen molar-refractivity contribution < 1.29 is 14.3 Å². The molecule has 5 aromatic rings. The highest BCUT2D eigenvalue weighted by molar-refractivity contribution is 6.33. The summed E-state index contributed by atoms with van der Waals surface area (Å²) in [5.41, 5.74) is 4.31. The van der Waals surface area contributed by atoms with E-state index < -0.39 is 17.8 Å². The molecule has 3 heterocycles. The number of rotatable bonds is 6. The summed E-state index contributed by atoms with van der Waals surface area (Å²) in [6, 6.07) is 14.3. The molecule has 0 aliphatic heterocycles. The molecule has 1 atom stereocenters. The number of aromatic amines is 2. The number of pyridine rings is 1. The molecule has 4 N–H and O–H groups in total. The molecule has 10 heteroatoms. The molecule has 0 aliphatic carbocycles. The van der Waals surface area contributed by atoms with E-state index in [-0.39, 0.29) is 17.3 Å². The lowest BCUT2D eigenvalue weighted by Crippen LogP contribution is -2.31. The Bertz CT molecular complexity index is 1550. The third-order valence-electron chi connectivity index (χ3n) is 5.64.